The highest BCUT2D eigenvalue weighted by Gasteiger charge is 2.12. The van der Waals surface area contributed by atoms with Crippen LogP contribution in [0.5, 0.6) is 0 Å². The topological polar surface area (TPSA) is 33.5 Å². The second-order valence-corrected chi connectivity index (χ2v) is 4.06. The quantitative estimate of drug-likeness (QED) is 0.774. The molecule has 1 amide bonds. The molecule has 0 bridgehead atoms. The summed E-state index contributed by atoms with van der Waals surface area (Å²) in [7, 11) is 0. The van der Waals surface area contributed by atoms with Crippen LogP contribution in [0.3, 0.4) is 0 Å². The summed E-state index contributed by atoms with van der Waals surface area (Å²) in [4.78, 5) is 14.5. The van der Waals surface area contributed by atoms with Crippen molar-refractivity contribution in [3.63, 3.8) is 0 Å². The SMILES string of the molecule is [C-]#[N+]CC(=O)Nc1c(C)cccc1C(C)C. The van der Waals surface area contributed by atoms with Crippen LogP contribution in [0.15, 0.2) is 18.2 Å². The summed E-state index contributed by atoms with van der Waals surface area (Å²) in [5.41, 5.74) is 2.99. The number of nitrogens with one attached hydrogen (secondary N) is 1. The van der Waals surface area contributed by atoms with Gasteiger partial charge < -0.3 is 10.2 Å². The molecule has 1 aromatic rings. The number of rotatable bonds is 3. The van der Waals surface area contributed by atoms with Crippen molar-refractivity contribution in [3.8, 4) is 0 Å². The lowest BCUT2D eigenvalue weighted by Gasteiger charge is -2.15. The Labute approximate surface area is 96.3 Å². The minimum atomic E-state index is -0.244. The van der Waals surface area contributed by atoms with Gasteiger partial charge in [0.1, 0.15) is 0 Å². The number of carbonyl (C=O) groups excluding carboxylic acids is 1. The van der Waals surface area contributed by atoms with Crippen LogP contribution in [0.2, 0.25) is 0 Å². The van der Waals surface area contributed by atoms with Crippen molar-refractivity contribution in [1.29, 1.82) is 0 Å². The van der Waals surface area contributed by atoms with Crippen LogP contribution in [0.25, 0.3) is 4.85 Å². The van der Waals surface area contributed by atoms with E-state index >= 15 is 0 Å². The van der Waals surface area contributed by atoms with Crippen LogP contribution in [0.4, 0.5) is 5.69 Å². The van der Waals surface area contributed by atoms with Gasteiger partial charge in [0.05, 0.1) is 0 Å². The second-order valence-electron chi connectivity index (χ2n) is 4.06. The van der Waals surface area contributed by atoms with Gasteiger partial charge in [0, 0.05) is 5.69 Å². The molecule has 0 aliphatic rings. The van der Waals surface area contributed by atoms with E-state index in [2.05, 4.69) is 24.0 Å². The lowest BCUT2D eigenvalue weighted by Crippen LogP contribution is -2.16. The Morgan fingerprint density at radius 2 is 2.19 bits per heavy atom. The molecule has 0 aromatic heterocycles. The van der Waals surface area contributed by atoms with E-state index in [4.69, 9.17) is 6.57 Å². The molecule has 1 N–H and O–H groups in total. The summed E-state index contributed by atoms with van der Waals surface area (Å²) in [6.45, 7) is 12.7. The summed E-state index contributed by atoms with van der Waals surface area (Å²) in [6, 6.07) is 5.94. The van der Waals surface area contributed by atoms with E-state index in [1.807, 2.05) is 25.1 Å². The van der Waals surface area contributed by atoms with Crippen LogP contribution in [0, 0.1) is 13.5 Å². The van der Waals surface area contributed by atoms with Gasteiger partial charge in [-0.3, -0.25) is 4.79 Å². The molecule has 0 saturated heterocycles. The summed E-state index contributed by atoms with van der Waals surface area (Å²) in [5.74, 6) is 0.106. The zero-order valence-corrected chi connectivity index (χ0v) is 9.87. The number of benzene rings is 1. The third kappa shape index (κ3) is 2.83. The molecule has 0 saturated carbocycles. The van der Waals surface area contributed by atoms with E-state index in [-0.39, 0.29) is 12.5 Å². The predicted octanol–water partition coefficient (Wildman–Crippen LogP) is 2.98. The van der Waals surface area contributed by atoms with Gasteiger partial charge in [-0.1, -0.05) is 32.0 Å². The zero-order chi connectivity index (χ0) is 12.1. The van der Waals surface area contributed by atoms with Crippen molar-refractivity contribution in [2.75, 3.05) is 11.9 Å². The molecular formula is C13H16N2O. The Morgan fingerprint density at radius 3 is 2.75 bits per heavy atom. The molecule has 0 unspecified atom stereocenters. The molecule has 0 heterocycles. The van der Waals surface area contributed by atoms with Crippen molar-refractivity contribution in [2.24, 2.45) is 0 Å². The number of anilines is 1. The highest BCUT2D eigenvalue weighted by atomic mass is 16.1. The zero-order valence-electron chi connectivity index (χ0n) is 9.87. The maximum Gasteiger partial charge on any atom is 0.304 e. The van der Waals surface area contributed by atoms with Crippen molar-refractivity contribution in [2.45, 2.75) is 26.7 Å². The molecule has 3 heteroatoms. The van der Waals surface area contributed by atoms with Crippen molar-refractivity contribution >= 4 is 11.6 Å². The van der Waals surface area contributed by atoms with E-state index in [9.17, 15) is 4.79 Å². The fraction of sp³-hybridized carbons (Fsp3) is 0.385. The van der Waals surface area contributed by atoms with Crippen LogP contribution < -0.4 is 5.32 Å². The summed E-state index contributed by atoms with van der Waals surface area (Å²) >= 11 is 0. The first kappa shape index (κ1) is 12.3. The molecular weight excluding hydrogens is 200 g/mol. The normalized spacial score (nSPS) is 9.94. The van der Waals surface area contributed by atoms with Crippen LogP contribution >= 0.6 is 0 Å². The first-order valence-corrected chi connectivity index (χ1v) is 5.28. The molecule has 0 aliphatic heterocycles. The Balaban J connectivity index is 3.02. The van der Waals surface area contributed by atoms with Gasteiger partial charge in [-0.05, 0) is 24.0 Å². The second kappa shape index (κ2) is 5.32. The largest absolute Gasteiger partial charge is 0.319 e. The van der Waals surface area contributed by atoms with E-state index in [0.29, 0.717) is 5.92 Å². The Morgan fingerprint density at radius 1 is 1.50 bits per heavy atom. The Bertz CT molecular complexity index is 430. The Hall–Kier alpha value is -1.82. The van der Waals surface area contributed by atoms with Crippen LogP contribution in [0.1, 0.15) is 30.9 Å². The van der Waals surface area contributed by atoms with Gasteiger partial charge in [0.15, 0.2) is 0 Å². The maximum atomic E-state index is 11.4. The van der Waals surface area contributed by atoms with Gasteiger partial charge >= 0.3 is 5.91 Å². The number of para-hydroxylation sites is 1. The first-order chi connectivity index (χ1) is 7.56. The number of hydrogen-bond acceptors (Lipinski definition) is 1. The smallest absolute Gasteiger partial charge is 0.304 e. The van der Waals surface area contributed by atoms with Crippen molar-refractivity contribution in [3.05, 3.63) is 40.7 Å². The highest BCUT2D eigenvalue weighted by Crippen LogP contribution is 2.27. The van der Waals surface area contributed by atoms with E-state index in [1.54, 1.807) is 0 Å². The van der Waals surface area contributed by atoms with Gasteiger partial charge in [-0.15, -0.1) is 0 Å². The average Bonchev–Trinajstić information content (AvgIpc) is 2.21. The number of aryl methyl sites for hydroxylation is 1. The molecule has 16 heavy (non-hydrogen) atoms. The van der Waals surface area contributed by atoms with E-state index in [1.165, 1.54) is 0 Å². The summed E-state index contributed by atoms with van der Waals surface area (Å²) < 4.78 is 0. The van der Waals surface area contributed by atoms with Crippen molar-refractivity contribution in [1.82, 2.24) is 0 Å². The fourth-order valence-corrected chi connectivity index (χ4v) is 1.59. The number of nitrogens with zero attached hydrogens (tertiary/aromatic N) is 1. The highest BCUT2D eigenvalue weighted by molar-refractivity contribution is 5.94. The molecule has 0 aliphatic carbocycles. The summed E-state index contributed by atoms with van der Waals surface area (Å²) in [6.07, 6.45) is 0. The molecule has 0 atom stereocenters. The van der Waals surface area contributed by atoms with E-state index < -0.39 is 0 Å². The molecule has 1 rings (SSSR count). The molecule has 3 nitrogen and oxygen atoms in total. The first-order valence-electron chi connectivity index (χ1n) is 5.28. The standard InChI is InChI=1S/C13H16N2O/c1-9(2)11-7-5-6-10(3)13(11)15-12(16)8-14-4/h5-7,9H,8H2,1-3H3,(H,15,16). The minimum absolute atomic E-state index is 0.119. The van der Waals surface area contributed by atoms with E-state index in [0.717, 1.165) is 16.8 Å². The lowest BCUT2D eigenvalue weighted by molar-refractivity contribution is -0.114. The fourth-order valence-electron chi connectivity index (χ4n) is 1.59. The minimum Gasteiger partial charge on any atom is -0.319 e. The Kier molecular flexibility index (Phi) is 4.07. The predicted molar refractivity (Wildman–Crippen MR) is 65.4 cm³/mol. The third-order valence-electron chi connectivity index (χ3n) is 2.41. The maximum absolute atomic E-state index is 11.4. The van der Waals surface area contributed by atoms with Crippen LogP contribution in [-0.4, -0.2) is 12.5 Å². The third-order valence-corrected chi connectivity index (χ3v) is 2.41. The van der Waals surface area contributed by atoms with Gasteiger partial charge in [-0.25, -0.2) is 6.57 Å². The lowest BCUT2D eigenvalue weighted by atomic mass is 9.98. The number of carbonyl (C=O) groups is 1. The van der Waals surface area contributed by atoms with Gasteiger partial charge in [-0.2, -0.15) is 0 Å². The summed E-state index contributed by atoms with van der Waals surface area (Å²) in [5, 5.41) is 2.81. The number of hydrogen-bond donors (Lipinski definition) is 1. The molecule has 84 valence electrons. The molecule has 0 spiro atoms. The van der Waals surface area contributed by atoms with Gasteiger partial charge in [0.2, 0.25) is 0 Å². The molecule has 1 aromatic carbocycles. The van der Waals surface area contributed by atoms with Gasteiger partial charge in [0.25, 0.3) is 6.54 Å². The molecule has 0 radical (unpaired) electrons. The number of amides is 1. The monoisotopic (exact) mass is 216 g/mol. The average molecular weight is 216 g/mol. The van der Waals surface area contributed by atoms with Crippen LogP contribution in [-0.2, 0) is 4.79 Å². The molecule has 0 fully saturated rings. The van der Waals surface area contributed by atoms with Crippen molar-refractivity contribution < 1.29 is 4.79 Å².